The van der Waals surface area contributed by atoms with E-state index < -0.39 is 23.3 Å². The van der Waals surface area contributed by atoms with E-state index in [0.29, 0.717) is 33.8 Å². The van der Waals surface area contributed by atoms with Crippen LogP contribution in [0.2, 0.25) is 5.02 Å². The molecule has 3 aromatic rings. The van der Waals surface area contributed by atoms with Crippen LogP contribution in [-0.2, 0) is 4.79 Å². The number of amides is 1. The number of anilines is 1. The summed E-state index contributed by atoms with van der Waals surface area (Å²) < 4.78 is 27.5. The molecule has 3 aromatic carbocycles. The molecule has 0 radical (unpaired) electrons. The van der Waals surface area contributed by atoms with E-state index in [1.165, 1.54) is 0 Å². The van der Waals surface area contributed by atoms with E-state index in [1.54, 1.807) is 12.1 Å². The quantitative estimate of drug-likeness (QED) is 0.341. The molecule has 162 valence electrons. The molecule has 1 amide bonds. The zero-order valence-electron chi connectivity index (χ0n) is 16.7. The van der Waals surface area contributed by atoms with Gasteiger partial charge < -0.3 is 15.5 Å². The van der Waals surface area contributed by atoms with Crippen LogP contribution in [0, 0.1) is 11.6 Å². The minimum atomic E-state index is -0.970. The van der Waals surface area contributed by atoms with Gasteiger partial charge in [0, 0.05) is 17.2 Å². The lowest BCUT2D eigenvalue weighted by atomic mass is 9.77. The molecule has 1 saturated carbocycles. The summed E-state index contributed by atoms with van der Waals surface area (Å²) in [7, 11) is 0. The number of carbonyl (C=O) groups is 1. The van der Waals surface area contributed by atoms with Crippen LogP contribution < -0.4 is 5.32 Å². The van der Waals surface area contributed by atoms with Crippen LogP contribution in [0.1, 0.15) is 35.4 Å². The van der Waals surface area contributed by atoms with E-state index in [1.807, 2.05) is 24.3 Å². The topological polar surface area (TPSA) is 69.6 Å². The number of halogens is 3. The molecule has 1 aliphatic carbocycles. The van der Waals surface area contributed by atoms with Gasteiger partial charge in [0.2, 0.25) is 0 Å². The van der Waals surface area contributed by atoms with E-state index >= 15 is 0 Å². The molecule has 32 heavy (non-hydrogen) atoms. The number of hydrogen-bond donors (Lipinski definition) is 3. The first-order valence-electron chi connectivity index (χ1n) is 10.1. The zero-order chi connectivity index (χ0) is 22.6. The molecule has 2 aliphatic rings. The second-order valence-corrected chi connectivity index (χ2v) is 8.53. The summed E-state index contributed by atoms with van der Waals surface area (Å²) in [6, 6.07) is 13.8. The Hall–Kier alpha value is -3.22. The Bertz CT molecular complexity index is 1280. The predicted molar refractivity (Wildman–Crippen MR) is 119 cm³/mol. The van der Waals surface area contributed by atoms with Crippen molar-refractivity contribution in [3.8, 4) is 11.1 Å². The van der Waals surface area contributed by atoms with Crippen molar-refractivity contribution in [3.63, 3.8) is 0 Å². The second kappa shape index (κ2) is 7.73. The smallest absolute Gasteiger partial charge is 0.260 e. The average molecular weight is 454 g/mol. The van der Waals surface area contributed by atoms with Gasteiger partial charge in [-0.25, -0.2) is 8.78 Å². The lowest BCUT2D eigenvalue weighted by Crippen LogP contribution is -2.26. The lowest BCUT2D eigenvalue weighted by Gasteiger charge is -2.31. The first kappa shape index (κ1) is 20.7. The molecule has 0 spiro atoms. The summed E-state index contributed by atoms with van der Waals surface area (Å²) in [5, 5.41) is 23.3. The third kappa shape index (κ3) is 3.45. The molecule has 1 aliphatic heterocycles. The summed E-state index contributed by atoms with van der Waals surface area (Å²) in [4.78, 5) is 12.6. The molecule has 0 atom stereocenters. The molecule has 4 nitrogen and oxygen atoms in total. The van der Waals surface area contributed by atoms with Crippen molar-refractivity contribution < 1.29 is 23.8 Å². The van der Waals surface area contributed by atoms with Crippen LogP contribution in [0.3, 0.4) is 0 Å². The van der Waals surface area contributed by atoms with Gasteiger partial charge >= 0.3 is 0 Å². The lowest BCUT2D eigenvalue weighted by molar-refractivity contribution is -0.110. The van der Waals surface area contributed by atoms with Crippen molar-refractivity contribution in [3.05, 3.63) is 87.9 Å². The minimum absolute atomic E-state index is 0.108. The van der Waals surface area contributed by atoms with Crippen LogP contribution in [0.15, 0.2) is 54.6 Å². The largest absolute Gasteiger partial charge is 0.506 e. The van der Waals surface area contributed by atoms with Gasteiger partial charge in [0.15, 0.2) is 0 Å². The third-order valence-electron chi connectivity index (χ3n) is 6.08. The van der Waals surface area contributed by atoms with E-state index in [-0.39, 0.29) is 17.2 Å². The maximum Gasteiger partial charge on any atom is 0.260 e. The highest BCUT2D eigenvalue weighted by Crippen LogP contribution is 2.43. The summed E-state index contributed by atoms with van der Waals surface area (Å²) >= 11 is 6.47. The predicted octanol–water partition coefficient (Wildman–Crippen LogP) is 5.90. The molecule has 3 N–H and O–H groups in total. The van der Waals surface area contributed by atoms with Crippen LogP contribution in [0.4, 0.5) is 14.5 Å². The van der Waals surface area contributed by atoms with Crippen LogP contribution in [0.25, 0.3) is 22.5 Å². The molecular weight excluding hydrogens is 436 g/mol. The van der Waals surface area contributed by atoms with Gasteiger partial charge in [-0.05, 0) is 54.2 Å². The number of benzene rings is 3. The standard InChI is InChI=1S/C25H18ClF2NO3/c26-20-11-22-19(10-18(20)13-3-1-12(2-4-13)14-7-16(30)8-14)23(25(32)29-22)24(31)17-6-5-15(27)9-21(17)28/h1-6,9-11,14,16,30-31H,7-8H2,(H,29,32). The van der Waals surface area contributed by atoms with Crippen molar-refractivity contribution >= 4 is 34.5 Å². The monoisotopic (exact) mass is 453 g/mol. The Morgan fingerprint density at radius 1 is 1.00 bits per heavy atom. The number of rotatable bonds is 3. The minimum Gasteiger partial charge on any atom is -0.506 e. The Morgan fingerprint density at radius 2 is 1.72 bits per heavy atom. The second-order valence-electron chi connectivity index (χ2n) is 8.12. The summed E-state index contributed by atoms with van der Waals surface area (Å²) in [5.74, 6) is -2.59. The fourth-order valence-corrected chi connectivity index (χ4v) is 4.53. The van der Waals surface area contributed by atoms with E-state index in [0.717, 1.165) is 36.1 Å². The summed E-state index contributed by atoms with van der Waals surface area (Å²) in [5.41, 5.74) is 2.99. The van der Waals surface area contributed by atoms with Crippen molar-refractivity contribution in [2.24, 2.45) is 0 Å². The van der Waals surface area contributed by atoms with E-state index in [2.05, 4.69) is 5.32 Å². The number of hydrogen-bond acceptors (Lipinski definition) is 3. The molecule has 0 unspecified atom stereocenters. The summed E-state index contributed by atoms with van der Waals surface area (Å²) in [6.07, 6.45) is 1.26. The summed E-state index contributed by atoms with van der Waals surface area (Å²) in [6.45, 7) is 0. The Balaban J connectivity index is 1.57. The van der Waals surface area contributed by atoms with E-state index in [4.69, 9.17) is 11.6 Å². The highest BCUT2D eigenvalue weighted by Gasteiger charge is 2.31. The first-order chi connectivity index (χ1) is 15.3. The molecular formula is C25H18ClF2NO3. The number of fused-ring (bicyclic) bond motifs is 1. The molecule has 1 fully saturated rings. The molecule has 0 saturated heterocycles. The van der Waals surface area contributed by atoms with Gasteiger partial charge in [0.1, 0.15) is 17.4 Å². The van der Waals surface area contributed by atoms with Gasteiger partial charge in [-0.2, -0.15) is 0 Å². The van der Waals surface area contributed by atoms with Crippen molar-refractivity contribution in [2.75, 3.05) is 5.32 Å². The number of carbonyl (C=O) groups excluding carboxylic acids is 1. The van der Waals surface area contributed by atoms with Gasteiger partial charge in [0.05, 0.1) is 28.0 Å². The molecule has 1 heterocycles. The van der Waals surface area contributed by atoms with Crippen molar-refractivity contribution in [2.45, 2.75) is 24.9 Å². The van der Waals surface area contributed by atoms with Gasteiger partial charge in [-0.3, -0.25) is 4.79 Å². The number of aliphatic hydroxyl groups excluding tert-OH is 2. The van der Waals surface area contributed by atoms with Crippen LogP contribution in [0.5, 0.6) is 0 Å². The van der Waals surface area contributed by atoms with Gasteiger partial charge in [-0.1, -0.05) is 35.9 Å². The van der Waals surface area contributed by atoms with Gasteiger partial charge in [-0.15, -0.1) is 0 Å². The van der Waals surface area contributed by atoms with E-state index in [9.17, 15) is 23.8 Å². The third-order valence-corrected chi connectivity index (χ3v) is 6.39. The molecule has 0 aromatic heterocycles. The van der Waals surface area contributed by atoms with Crippen LogP contribution in [-0.4, -0.2) is 22.2 Å². The fraction of sp³-hybridized carbons (Fsp3) is 0.160. The molecule has 5 rings (SSSR count). The Kier molecular flexibility index (Phi) is 4.99. The molecule has 0 bridgehead atoms. The molecule has 7 heteroatoms. The Morgan fingerprint density at radius 3 is 2.38 bits per heavy atom. The van der Waals surface area contributed by atoms with Crippen LogP contribution >= 0.6 is 11.6 Å². The first-order valence-corrected chi connectivity index (χ1v) is 10.5. The van der Waals surface area contributed by atoms with Crippen molar-refractivity contribution in [1.29, 1.82) is 0 Å². The SMILES string of the molecule is O=C1Nc2cc(Cl)c(-c3ccc(C4CC(O)C4)cc3)cc2C1=C(O)c1ccc(F)cc1F. The average Bonchev–Trinajstić information content (AvgIpc) is 3.05. The highest BCUT2D eigenvalue weighted by molar-refractivity contribution is 6.38. The highest BCUT2D eigenvalue weighted by atomic mass is 35.5. The number of aliphatic hydroxyl groups is 2. The fourth-order valence-electron chi connectivity index (χ4n) is 4.26. The zero-order valence-corrected chi connectivity index (χ0v) is 17.5. The normalized spacial score (nSPS) is 21.1. The Labute approximate surface area is 187 Å². The number of nitrogens with one attached hydrogen (secondary N) is 1. The van der Waals surface area contributed by atoms with Gasteiger partial charge in [0.25, 0.3) is 5.91 Å². The maximum atomic E-state index is 14.2. The van der Waals surface area contributed by atoms with Crippen molar-refractivity contribution in [1.82, 2.24) is 0 Å². The maximum absolute atomic E-state index is 14.2.